The maximum atomic E-state index is 6.42. The average Bonchev–Trinajstić information content (AvgIpc) is 0.763. The Morgan fingerprint density at radius 3 is 0.743 bits per heavy atom. The fourth-order valence-electron chi connectivity index (χ4n) is 16.2. The third-order valence-corrected chi connectivity index (χ3v) is 21.4. The first-order chi connectivity index (χ1) is 51.7. The van der Waals surface area contributed by atoms with Gasteiger partial charge in [0.25, 0.3) is 0 Å². The van der Waals surface area contributed by atoms with Gasteiger partial charge in [0.05, 0.1) is 0 Å². The third kappa shape index (κ3) is 14.9. The van der Waals surface area contributed by atoms with Crippen molar-refractivity contribution in [2.75, 3.05) is 88.0 Å². The first-order valence-corrected chi connectivity index (χ1v) is 36.7. The molecule has 0 saturated carbocycles. The first-order valence-electron chi connectivity index (χ1n) is 36.7. The van der Waals surface area contributed by atoms with Crippen LogP contribution in [0.4, 0.5) is 17.1 Å². The highest BCUT2D eigenvalue weighted by molar-refractivity contribution is 5.59. The predicted molar refractivity (Wildman–Crippen MR) is 418 cm³/mol. The minimum atomic E-state index is -0.0814. The predicted octanol–water partition coefficient (Wildman–Crippen LogP) is 17.7. The van der Waals surface area contributed by atoms with Gasteiger partial charge < -0.3 is 47.9 Å². The zero-order chi connectivity index (χ0) is 71.2. The maximum absolute atomic E-state index is 6.42. The number of hydrogen-bond acceptors (Lipinski definition) is 14. The van der Waals surface area contributed by atoms with Gasteiger partial charge in [0.1, 0.15) is 67.2 Å². The Kier molecular flexibility index (Phi) is 20.3. The lowest BCUT2D eigenvalue weighted by atomic mass is 9.72. The van der Waals surface area contributed by atoms with Crippen molar-refractivity contribution in [1.82, 2.24) is 19.6 Å². The molecular formula is C91H91N7O7. The molecule has 7 heterocycles. The molecule has 0 aliphatic carbocycles. The van der Waals surface area contributed by atoms with Gasteiger partial charge in [-0.2, -0.15) is 0 Å². The molecule has 0 saturated heterocycles. The van der Waals surface area contributed by atoms with Crippen molar-refractivity contribution in [2.45, 2.75) is 76.4 Å². The molecule has 4 unspecified atom stereocenters. The number of rotatable bonds is 20. The summed E-state index contributed by atoms with van der Waals surface area (Å²) in [5.41, 5.74) is 20.5. The highest BCUT2D eigenvalue weighted by Gasteiger charge is 2.35. The fraction of sp³-hybridized carbons (Fsp3) is 0.253. The molecule has 105 heavy (non-hydrogen) atoms. The van der Waals surface area contributed by atoms with Crippen molar-refractivity contribution in [1.29, 1.82) is 0 Å². The fourth-order valence-corrected chi connectivity index (χ4v) is 16.2. The summed E-state index contributed by atoms with van der Waals surface area (Å²) in [4.78, 5) is 16.0. The Morgan fingerprint density at radius 1 is 0.267 bits per heavy atom. The van der Waals surface area contributed by atoms with Gasteiger partial charge in [-0.25, -0.2) is 0 Å². The summed E-state index contributed by atoms with van der Waals surface area (Å²) >= 11 is 0. The van der Waals surface area contributed by atoms with Gasteiger partial charge in [0.2, 0.25) is 0 Å². The number of nitrogens with zero attached hydrogens (tertiary/aromatic N) is 7. The van der Waals surface area contributed by atoms with Crippen LogP contribution >= 0.6 is 0 Å². The van der Waals surface area contributed by atoms with E-state index >= 15 is 0 Å². The molecule has 0 aromatic heterocycles. The lowest BCUT2D eigenvalue weighted by molar-refractivity contribution is 0.107. The van der Waals surface area contributed by atoms with E-state index in [1.54, 1.807) is 0 Å². The van der Waals surface area contributed by atoms with Crippen LogP contribution in [0.3, 0.4) is 0 Å². The van der Waals surface area contributed by atoms with Crippen molar-refractivity contribution >= 4 is 17.1 Å². The Labute approximate surface area is 618 Å². The van der Waals surface area contributed by atoms with Gasteiger partial charge in [0.15, 0.2) is 20.2 Å². The second kappa shape index (κ2) is 31.1. The minimum absolute atomic E-state index is 0.0814. The number of hydrogen-bond donors (Lipinski definition) is 0. The van der Waals surface area contributed by atoms with Crippen LogP contribution in [-0.2, 0) is 45.8 Å². The molecular weight excluding hydrogens is 1300 g/mol. The van der Waals surface area contributed by atoms with E-state index in [1.165, 1.54) is 83.6 Å². The van der Waals surface area contributed by atoms with E-state index in [9.17, 15) is 0 Å². The Balaban J connectivity index is 0.000000168. The van der Waals surface area contributed by atoms with Crippen LogP contribution in [0.25, 0.3) is 0 Å². The lowest BCUT2D eigenvalue weighted by Crippen LogP contribution is -2.32. The summed E-state index contributed by atoms with van der Waals surface area (Å²) in [5.74, 6) is 6.80. The Hall–Kier alpha value is -11.0. The number of benzene rings is 10. The molecule has 7 aliphatic heterocycles. The van der Waals surface area contributed by atoms with E-state index in [4.69, 9.17) is 33.2 Å². The van der Waals surface area contributed by atoms with E-state index in [-0.39, 0.29) is 23.7 Å². The van der Waals surface area contributed by atoms with Gasteiger partial charge in [0, 0.05) is 146 Å². The van der Waals surface area contributed by atoms with E-state index in [0.717, 1.165) is 124 Å². The van der Waals surface area contributed by atoms with Gasteiger partial charge >= 0.3 is 0 Å². The second-order valence-electron chi connectivity index (χ2n) is 28.5. The molecule has 0 bridgehead atoms. The van der Waals surface area contributed by atoms with Crippen molar-refractivity contribution in [3.05, 3.63) is 347 Å². The van der Waals surface area contributed by atoms with Gasteiger partial charge in [-0.15, -0.1) is 26.3 Å². The average molecular weight is 1390 g/mol. The Bertz CT molecular complexity index is 4610. The SMILES string of the molecule is C=CCN1COc2ccc(C(C)C(c3ccc4c(c3)CN(CC=C)CO4)c3ccc4c(c3)CN(c3ccccc3)CO4)cc2C1.C=CCN1COc2ccc(C(c3ccc4c(c3)CN(c3ccccc3)CO4)C(c3ccc4c(c3)CN(CC=C)CO4)c3ccc4c(c3)CN(c3ccccc3)CO4)cc2C1. The van der Waals surface area contributed by atoms with Crippen molar-refractivity contribution in [3.63, 3.8) is 0 Å². The van der Waals surface area contributed by atoms with Crippen LogP contribution in [0.5, 0.6) is 40.2 Å². The zero-order valence-corrected chi connectivity index (χ0v) is 59.9. The summed E-state index contributed by atoms with van der Waals surface area (Å²) < 4.78 is 43.9. The number of fused-ring (bicyclic) bond motifs is 7. The molecule has 14 heteroatoms. The topological polar surface area (TPSA) is 87.3 Å². The summed E-state index contributed by atoms with van der Waals surface area (Å²) in [6, 6.07) is 79.1. The summed E-state index contributed by atoms with van der Waals surface area (Å²) in [6.45, 7) is 30.7. The quantitative estimate of drug-likeness (QED) is 0.0679. The molecule has 10 aromatic rings. The van der Waals surface area contributed by atoms with Crippen LogP contribution in [0.1, 0.15) is 108 Å². The molecule has 0 radical (unpaired) electrons. The molecule has 0 amide bonds. The molecule has 532 valence electrons. The van der Waals surface area contributed by atoms with E-state index in [2.05, 4.69) is 286 Å². The highest BCUT2D eigenvalue weighted by Crippen LogP contribution is 2.49. The molecule has 0 fully saturated rings. The third-order valence-electron chi connectivity index (χ3n) is 21.4. The number of para-hydroxylation sites is 3. The van der Waals surface area contributed by atoms with E-state index in [0.29, 0.717) is 47.1 Å². The molecule has 0 N–H and O–H groups in total. The largest absolute Gasteiger partial charge is 0.478 e. The van der Waals surface area contributed by atoms with Crippen LogP contribution in [0.15, 0.2) is 269 Å². The van der Waals surface area contributed by atoms with E-state index in [1.807, 2.05) is 24.3 Å². The van der Waals surface area contributed by atoms with Crippen LogP contribution < -0.4 is 47.9 Å². The van der Waals surface area contributed by atoms with Crippen LogP contribution in [0.2, 0.25) is 0 Å². The molecule has 0 spiro atoms. The monoisotopic (exact) mass is 1390 g/mol. The summed E-state index contributed by atoms with van der Waals surface area (Å²) in [6.07, 6.45) is 7.76. The van der Waals surface area contributed by atoms with Crippen LogP contribution in [0, 0.1) is 0 Å². The first kappa shape index (κ1) is 68.4. The molecule has 4 atom stereocenters. The van der Waals surface area contributed by atoms with Crippen molar-refractivity contribution < 1.29 is 33.2 Å². The van der Waals surface area contributed by atoms with Gasteiger partial charge in [-0.3, -0.25) is 19.6 Å². The van der Waals surface area contributed by atoms with Gasteiger partial charge in [-0.1, -0.05) is 153 Å². The zero-order valence-electron chi connectivity index (χ0n) is 59.9. The minimum Gasteiger partial charge on any atom is -0.478 e. The van der Waals surface area contributed by atoms with E-state index < -0.39 is 0 Å². The number of ether oxygens (including phenoxy) is 7. The van der Waals surface area contributed by atoms with Crippen molar-refractivity contribution in [3.8, 4) is 40.2 Å². The summed E-state index contributed by atoms with van der Waals surface area (Å²) in [5, 5.41) is 0. The van der Waals surface area contributed by atoms with Gasteiger partial charge in [-0.05, 0) is 142 Å². The highest BCUT2D eigenvalue weighted by atomic mass is 16.5. The smallest absolute Gasteiger partial charge is 0.161 e. The molecule has 14 nitrogen and oxygen atoms in total. The summed E-state index contributed by atoms with van der Waals surface area (Å²) in [7, 11) is 0. The molecule has 7 aliphatic rings. The lowest BCUT2D eigenvalue weighted by Gasteiger charge is -2.36. The molecule has 17 rings (SSSR count). The molecule has 10 aromatic carbocycles. The number of anilines is 3. The van der Waals surface area contributed by atoms with Crippen molar-refractivity contribution in [2.24, 2.45) is 0 Å². The standard InChI is InChI=1S/C52H50N4O4.C39H41N3O3/c1-3-23-53-29-41-25-37(15-19-47(41)57-33-53)51(39-17-21-49-43(27-39)31-55(35-59-49)45-11-7-5-8-12-45)52(38-16-20-48-42(26-38)30-54(24-4-2)34-58-48)40-18-22-50-44(28-40)32-56(36-60-50)46-13-9-6-10-14-46;1-4-17-40-22-32-19-29(11-14-36(32)43-25-40)28(3)39(30-12-15-37-33(20-30)23-41(18-5-2)26-44-37)31-13-16-38-34(21-31)24-42(27-45-38)35-9-7-6-8-10-35/h3-22,25-28,51-52H,1-2,23-24,29-36H2;4-16,19-21,28,39H,1-2,17-18,22-27H2,3H3. The second-order valence-corrected chi connectivity index (χ2v) is 28.5. The normalized spacial score (nSPS) is 17.1. The Morgan fingerprint density at radius 2 is 0.486 bits per heavy atom. The van der Waals surface area contributed by atoms with Crippen LogP contribution in [-0.4, -0.2) is 92.9 Å². The maximum Gasteiger partial charge on any atom is 0.161 e.